The fraction of sp³-hybridized carbons (Fsp3) is 0.400. The van der Waals surface area contributed by atoms with Crippen LogP contribution in [0.5, 0.6) is 0 Å². The van der Waals surface area contributed by atoms with Gasteiger partial charge in [-0.25, -0.2) is 0 Å². The standard InChI is InChI=1S/C40H45N/c1-37(2)17-19-39(5,6)32-22-27(13-15-30(32)37)35-29-21-25-11-9-10-12-26(25)24-34(29)41-36(35)28-14-16-31-33(23-28)40(7,8)20-18-38(31,3)4/h9-16,21-24,41H,17-20H2,1-8H3. The van der Waals surface area contributed by atoms with E-state index in [1.807, 2.05) is 0 Å². The molecule has 1 N–H and O–H groups in total. The van der Waals surface area contributed by atoms with E-state index in [1.165, 1.54) is 92.0 Å². The number of benzene rings is 4. The second-order valence-corrected chi connectivity index (χ2v) is 15.7. The van der Waals surface area contributed by atoms with Crippen LogP contribution in [-0.2, 0) is 21.7 Å². The van der Waals surface area contributed by atoms with Crippen molar-refractivity contribution >= 4 is 21.7 Å². The van der Waals surface area contributed by atoms with E-state index in [4.69, 9.17) is 0 Å². The van der Waals surface area contributed by atoms with Gasteiger partial charge in [0.2, 0.25) is 0 Å². The number of aromatic nitrogens is 1. The minimum atomic E-state index is 0.168. The first-order chi connectivity index (χ1) is 19.3. The first-order valence-electron chi connectivity index (χ1n) is 15.6. The summed E-state index contributed by atoms with van der Waals surface area (Å²) in [6, 6.07) is 28.2. The summed E-state index contributed by atoms with van der Waals surface area (Å²) in [5.74, 6) is 0. The summed E-state index contributed by atoms with van der Waals surface area (Å²) in [6.07, 6.45) is 4.91. The van der Waals surface area contributed by atoms with Crippen molar-refractivity contribution in [2.24, 2.45) is 0 Å². The summed E-state index contributed by atoms with van der Waals surface area (Å²) in [5, 5.41) is 3.88. The second-order valence-electron chi connectivity index (χ2n) is 15.7. The summed E-state index contributed by atoms with van der Waals surface area (Å²) in [7, 11) is 0. The number of H-pyrrole nitrogens is 1. The van der Waals surface area contributed by atoms with Gasteiger partial charge in [-0.3, -0.25) is 0 Å². The second kappa shape index (κ2) is 8.60. The molecule has 0 amide bonds. The monoisotopic (exact) mass is 539 g/mol. The Kier molecular flexibility index (Phi) is 5.57. The third-order valence-electron chi connectivity index (χ3n) is 10.9. The molecular weight excluding hydrogens is 494 g/mol. The number of aromatic amines is 1. The highest BCUT2D eigenvalue weighted by Crippen LogP contribution is 2.50. The largest absolute Gasteiger partial charge is 0.354 e. The zero-order chi connectivity index (χ0) is 28.9. The number of hydrogen-bond donors (Lipinski definition) is 1. The molecule has 1 aromatic heterocycles. The molecule has 0 radical (unpaired) electrons. The van der Waals surface area contributed by atoms with Crippen molar-refractivity contribution in [3.63, 3.8) is 0 Å². The topological polar surface area (TPSA) is 15.8 Å². The van der Waals surface area contributed by atoms with Gasteiger partial charge in [-0.15, -0.1) is 0 Å². The quantitative estimate of drug-likeness (QED) is 0.230. The van der Waals surface area contributed by atoms with E-state index >= 15 is 0 Å². The van der Waals surface area contributed by atoms with Crippen molar-refractivity contribution in [2.75, 3.05) is 0 Å². The Morgan fingerprint density at radius 1 is 0.488 bits per heavy atom. The zero-order valence-electron chi connectivity index (χ0n) is 26.3. The predicted molar refractivity (Wildman–Crippen MR) is 177 cm³/mol. The van der Waals surface area contributed by atoms with Crippen molar-refractivity contribution in [3.05, 3.63) is 95.1 Å². The third-order valence-corrected chi connectivity index (χ3v) is 10.9. The van der Waals surface area contributed by atoms with Crippen molar-refractivity contribution in [2.45, 2.75) is 103 Å². The Hall–Kier alpha value is -3.32. The van der Waals surface area contributed by atoms with Gasteiger partial charge in [-0.05, 0) is 110 Å². The van der Waals surface area contributed by atoms with Crippen LogP contribution >= 0.6 is 0 Å². The van der Waals surface area contributed by atoms with Crippen LogP contribution in [0.3, 0.4) is 0 Å². The Morgan fingerprint density at radius 3 is 1.51 bits per heavy atom. The lowest BCUT2D eigenvalue weighted by Crippen LogP contribution is -2.33. The number of fused-ring (bicyclic) bond motifs is 4. The van der Waals surface area contributed by atoms with Gasteiger partial charge in [0, 0.05) is 16.5 Å². The molecule has 4 aromatic carbocycles. The van der Waals surface area contributed by atoms with Gasteiger partial charge in [0.05, 0.1) is 5.69 Å². The van der Waals surface area contributed by atoms with Gasteiger partial charge in [0.15, 0.2) is 0 Å². The molecule has 2 aliphatic carbocycles. The molecule has 41 heavy (non-hydrogen) atoms. The first-order valence-corrected chi connectivity index (χ1v) is 15.6. The normalized spacial score (nSPS) is 20.1. The van der Waals surface area contributed by atoms with Crippen molar-refractivity contribution in [3.8, 4) is 22.4 Å². The maximum Gasteiger partial charge on any atom is 0.0544 e. The third kappa shape index (κ3) is 4.10. The SMILES string of the molecule is CC1(C)CCC(C)(C)c2cc(-c3[nH]c4cc5ccccc5cc4c3-c3ccc4c(c3)C(C)(C)CCC4(C)C)ccc21. The van der Waals surface area contributed by atoms with Crippen LogP contribution < -0.4 is 0 Å². The Labute approximate surface area is 246 Å². The number of rotatable bonds is 2. The molecule has 0 bridgehead atoms. The fourth-order valence-electron chi connectivity index (χ4n) is 7.89. The molecule has 1 heterocycles. The van der Waals surface area contributed by atoms with Crippen LogP contribution in [0.25, 0.3) is 44.1 Å². The average molecular weight is 540 g/mol. The van der Waals surface area contributed by atoms with Gasteiger partial charge in [0.1, 0.15) is 0 Å². The molecule has 0 atom stereocenters. The van der Waals surface area contributed by atoms with Crippen LogP contribution in [-0.4, -0.2) is 4.98 Å². The molecule has 0 aliphatic heterocycles. The van der Waals surface area contributed by atoms with Crippen LogP contribution in [0.15, 0.2) is 72.8 Å². The molecule has 0 unspecified atom stereocenters. The van der Waals surface area contributed by atoms with Crippen molar-refractivity contribution in [1.82, 2.24) is 4.98 Å². The van der Waals surface area contributed by atoms with Crippen molar-refractivity contribution < 1.29 is 0 Å². The molecular formula is C40H45N. The van der Waals surface area contributed by atoms with Crippen LogP contribution in [0.4, 0.5) is 0 Å². The summed E-state index contributed by atoms with van der Waals surface area (Å²) in [4.78, 5) is 3.94. The molecule has 0 saturated carbocycles. The van der Waals surface area contributed by atoms with E-state index in [-0.39, 0.29) is 21.7 Å². The zero-order valence-corrected chi connectivity index (χ0v) is 26.3. The molecule has 7 rings (SSSR count). The average Bonchev–Trinajstić information content (AvgIpc) is 3.30. The highest BCUT2D eigenvalue weighted by molar-refractivity contribution is 6.09. The van der Waals surface area contributed by atoms with E-state index in [0.717, 1.165) is 0 Å². The minimum Gasteiger partial charge on any atom is -0.354 e. The first kappa shape index (κ1) is 26.6. The Bertz CT molecular complexity index is 1840. The molecule has 0 saturated heterocycles. The smallest absolute Gasteiger partial charge is 0.0544 e. The van der Waals surface area contributed by atoms with Gasteiger partial charge >= 0.3 is 0 Å². The van der Waals surface area contributed by atoms with Gasteiger partial charge in [-0.1, -0.05) is 110 Å². The Morgan fingerprint density at radius 2 is 0.951 bits per heavy atom. The molecule has 5 aromatic rings. The molecule has 1 heteroatoms. The summed E-state index contributed by atoms with van der Waals surface area (Å²) < 4.78 is 0. The number of nitrogens with one attached hydrogen (secondary N) is 1. The summed E-state index contributed by atoms with van der Waals surface area (Å²) in [6.45, 7) is 19.4. The Balaban J connectivity index is 1.52. The van der Waals surface area contributed by atoms with E-state index in [1.54, 1.807) is 0 Å². The molecule has 0 spiro atoms. The maximum atomic E-state index is 3.94. The lowest BCUT2D eigenvalue weighted by atomic mass is 9.62. The molecule has 1 nitrogen and oxygen atoms in total. The van der Waals surface area contributed by atoms with Gasteiger partial charge in [-0.2, -0.15) is 0 Å². The lowest BCUT2D eigenvalue weighted by molar-refractivity contribution is 0.332. The minimum absolute atomic E-state index is 0.168. The van der Waals surface area contributed by atoms with E-state index in [2.05, 4.69) is 133 Å². The number of hydrogen-bond acceptors (Lipinski definition) is 0. The highest BCUT2D eigenvalue weighted by atomic mass is 14.7. The van der Waals surface area contributed by atoms with Crippen molar-refractivity contribution in [1.29, 1.82) is 0 Å². The molecule has 210 valence electrons. The van der Waals surface area contributed by atoms with Gasteiger partial charge in [0.25, 0.3) is 0 Å². The lowest BCUT2D eigenvalue weighted by Gasteiger charge is -2.42. The molecule has 0 fully saturated rings. The summed E-state index contributed by atoms with van der Waals surface area (Å²) in [5.41, 5.74) is 13.2. The van der Waals surface area contributed by atoms with Crippen LogP contribution in [0.1, 0.15) is 103 Å². The van der Waals surface area contributed by atoms with Crippen LogP contribution in [0.2, 0.25) is 0 Å². The van der Waals surface area contributed by atoms with Gasteiger partial charge < -0.3 is 4.98 Å². The summed E-state index contributed by atoms with van der Waals surface area (Å²) >= 11 is 0. The maximum absolute atomic E-state index is 3.94. The predicted octanol–water partition coefficient (Wildman–Crippen LogP) is 11.4. The van der Waals surface area contributed by atoms with E-state index in [9.17, 15) is 0 Å². The fourth-order valence-corrected chi connectivity index (χ4v) is 7.89. The highest BCUT2D eigenvalue weighted by Gasteiger charge is 2.39. The van der Waals surface area contributed by atoms with E-state index in [0.29, 0.717) is 0 Å². The van der Waals surface area contributed by atoms with Crippen LogP contribution in [0, 0.1) is 0 Å². The molecule has 2 aliphatic rings. The van der Waals surface area contributed by atoms with E-state index < -0.39 is 0 Å².